The van der Waals surface area contributed by atoms with E-state index in [2.05, 4.69) is 14.9 Å². The van der Waals surface area contributed by atoms with E-state index in [-0.39, 0.29) is 5.92 Å². The van der Waals surface area contributed by atoms with Crippen molar-refractivity contribution in [1.82, 2.24) is 15.0 Å². The average molecular weight is 360 g/mol. The number of aromatic nitrogens is 3. The highest BCUT2D eigenvalue weighted by atomic mass is 16.5. The van der Waals surface area contributed by atoms with E-state index < -0.39 is 0 Å². The maximum absolute atomic E-state index is 6.03. The molecule has 1 aliphatic rings. The summed E-state index contributed by atoms with van der Waals surface area (Å²) in [6.07, 6.45) is 3.74. The number of oxazole rings is 1. The van der Waals surface area contributed by atoms with Crippen molar-refractivity contribution >= 4 is 27.8 Å². The van der Waals surface area contributed by atoms with Crippen LogP contribution in [0.4, 0.5) is 5.82 Å². The maximum atomic E-state index is 6.03. The third kappa shape index (κ3) is 2.77. The van der Waals surface area contributed by atoms with Gasteiger partial charge in [-0.2, -0.15) is 0 Å². The van der Waals surface area contributed by atoms with E-state index in [1.54, 1.807) is 13.4 Å². The molecule has 0 bridgehead atoms. The molecule has 6 heteroatoms. The predicted octanol–water partition coefficient (Wildman–Crippen LogP) is 4.16. The van der Waals surface area contributed by atoms with Crippen LogP contribution < -0.4 is 9.64 Å². The Hall–Kier alpha value is -3.15. The number of rotatable bonds is 3. The van der Waals surface area contributed by atoms with E-state index in [1.807, 2.05) is 42.5 Å². The molecule has 0 unspecified atom stereocenters. The first-order valence-corrected chi connectivity index (χ1v) is 9.21. The van der Waals surface area contributed by atoms with Crippen LogP contribution in [0.1, 0.15) is 24.7 Å². The molecule has 27 heavy (non-hydrogen) atoms. The molecule has 6 nitrogen and oxygen atoms in total. The van der Waals surface area contributed by atoms with Gasteiger partial charge in [0.05, 0.1) is 23.9 Å². The van der Waals surface area contributed by atoms with Gasteiger partial charge in [-0.1, -0.05) is 18.2 Å². The highest BCUT2D eigenvalue weighted by molar-refractivity contribution is 5.94. The van der Waals surface area contributed by atoms with Gasteiger partial charge in [0.15, 0.2) is 11.5 Å². The van der Waals surface area contributed by atoms with Crippen LogP contribution in [0.5, 0.6) is 5.75 Å². The van der Waals surface area contributed by atoms with E-state index in [0.717, 1.165) is 65.4 Å². The Bertz CT molecular complexity index is 1070. The number of para-hydroxylation sites is 2. The number of ether oxygens (including phenoxy) is 1. The van der Waals surface area contributed by atoms with Crippen LogP contribution in [0.2, 0.25) is 0 Å². The van der Waals surface area contributed by atoms with Crippen molar-refractivity contribution in [1.29, 1.82) is 0 Å². The van der Waals surface area contributed by atoms with Crippen LogP contribution in [0.3, 0.4) is 0 Å². The van der Waals surface area contributed by atoms with Crippen molar-refractivity contribution in [2.24, 2.45) is 0 Å². The molecule has 1 saturated heterocycles. The Morgan fingerprint density at radius 1 is 1.07 bits per heavy atom. The molecule has 1 atom stereocenters. The second-order valence-electron chi connectivity index (χ2n) is 6.86. The second kappa shape index (κ2) is 6.54. The lowest BCUT2D eigenvalue weighted by Gasteiger charge is -2.32. The summed E-state index contributed by atoms with van der Waals surface area (Å²) in [5.41, 5.74) is 2.65. The third-order valence-corrected chi connectivity index (χ3v) is 5.21. The molecule has 2 aromatic carbocycles. The molecule has 0 saturated carbocycles. The number of hydrogen-bond donors (Lipinski definition) is 0. The number of piperidine rings is 1. The summed E-state index contributed by atoms with van der Waals surface area (Å²) in [4.78, 5) is 16.0. The summed E-state index contributed by atoms with van der Waals surface area (Å²) in [5, 5.41) is 0.959. The van der Waals surface area contributed by atoms with Crippen molar-refractivity contribution < 1.29 is 9.15 Å². The van der Waals surface area contributed by atoms with Crippen LogP contribution in [-0.4, -0.2) is 35.2 Å². The third-order valence-electron chi connectivity index (χ3n) is 5.21. The summed E-state index contributed by atoms with van der Waals surface area (Å²) >= 11 is 0. The van der Waals surface area contributed by atoms with Crippen LogP contribution in [0.25, 0.3) is 22.0 Å². The number of hydrogen-bond acceptors (Lipinski definition) is 6. The van der Waals surface area contributed by atoms with Crippen molar-refractivity contribution in [2.75, 3.05) is 25.1 Å². The van der Waals surface area contributed by atoms with E-state index in [9.17, 15) is 0 Å². The summed E-state index contributed by atoms with van der Waals surface area (Å²) in [5.74, 6) is 2.77. The maximum Gasteiger partial charge on any atom is 0.200 e. The smallest absolute Gasteiger partial charge is 0.200 e. The van der Waals surface area contributed by atoms with Crippen LogP contribution in [0, 0.1) is 0 Å². The lowest BCUT2D eigenvalue weighted by Crippen LogP contribution is -2.35. The zero-order valence-electron chi connectivity index (χ0n) is 15.1. The Balaban J connectivity index is 1.52. The lowest BCUT2D eigenvalue weighted by molar-refractivity contribution is 0.411. The first-order chi connectivity index (χ1) is 13.3. The number of fused-ring (bicyclic) bond motifs is 2. The van der Waals surface area contributed by atoms with Crippen molar-refractivity contribution in [3.63, 3.8) is 0 Å². The van der Waals surface area contributed by atoms with E-state index in [0.29, 0.717) is 0 Å². The summed E-state index contributed by atoms with van der Waals surface area (Å²) in [6.45, 7) is 1.76. The fourth-order valence-electron chi connectivity index (χ4n) is 3.91. The monoisotopic (exact) mass is 360 g/mol. The van der Waals surface area contributed by atoms with Gasteiger partial charge in [-0.25, -0.2) is 15.0 Å². The van der Waals surface area contributed by atoms with Gasteiger partial charge in [0.2, 0.25) is 0 Å². The molecule has 0 N–H and O–H groups in total. The van der Waals surface area contributed by atoms with E-state index in [4.69, 9.17) is 14.1 Å². The molecule has 0 aliphatic carbocycles. The quantitative estimate of drug-likeness (QED) is 0.546. The Kier molecular flexibility index (Phi) is 3.89. The summed E-state index contributed by atoms with van der Waals surface area (Å²) < 4.78 is 11.6. The summed E-state index contributed by atoms with van der Waals surface area (Å²) in [6, 6.07) is 13.8. The number of nitrogens with zero attached hydrogens (tertiary/aromatic N) is 4. The van der Waals surface area contributed by atoms with Gasteiger partial charge in [-0.3, -0.25) is 0 Å². The van der Waals surface area contributed by atoms with Crippen LogP contribution >= 0.6 is 0 Å². The van der Waals surface area contributed by atoms with Crippen LogP contribution in [0.15, 0.2) is 53.2 Å². The minimum atomic E-state index is 0.242. The van der Waals surface area contributed by atoms with Gasteiger partial charge in [0.25, 0.3) is 0 Å². The van der Waals surface area contributed by atoms with Crippen molar-refractivity contribution in [3.8, 4) is 5.75 Å². The van der Waals surface area contributed by atoms with Gasteiger partial charge < -0.3 is 14.1 Å². The average Bonchev–Trinajstić information content (AvgIpc) is 3.17. The Labute approximate surface area is 156 Å². The standard InChI is InChI=1S/C21H20N4O2/c1-26-18-10-4-8-16-19(18)20(23-13-22-16)25-11-5-6-14(12-25)21-24-15-7-2-3-9-17(15)27-21/h2-4,7-10,13-14H,5-6,11-12H2,1H3/t14-/m0/s1. The fourth-order valence-corrected chi connectivity index (χ4v) is 3.91. The van der Waals surface area contributed by atoms with Gasteiger partial charge in [0.1, 0.15) is 23.4 Å². The van der Waals surface area contributed by atoms with E-state index in [1.165, 1.54) is 0 Å². The van der Waals surface area contributed by atoms with Gasteiger partial charge >= 0.3 is 0 Å². The second-order valence-corrected chi connectivity index (χ2v) is 6.86. The Morgan fingerprint density at radius 3 is 2.85 bits per heavy atom. The number of benzene rings is 2. The SMILES string of the molecule is COc1cccc2ncnc(N3CCC[C@H](c4nc5ccccc5o4)C3)c12. The summed E-state index contributed by atoms with van der Waals surface area (Å²) in [7, 11) is 1.68. The lowest BCUT2D eigenvalue weighted by atomic mass is 9.97. The molecular formula is C21H20N4O2. The minimum Gasteiger partial charge on any atom is -0.496 e. The zero-order valence-corrected chi connectivity index (χ0v) is 15.1. The van der Waals surface area contributed by atoms with Crippen molar-refractivity contribution in [2.45, 2.75) is 18.8 Å². The molecule has 0 radical (unpaired) electrons. The minimum absolute atomic E-state index is 0.242. The molecule has 0 spiro atoms. The molecule has 1 aliphatic heterocycles. The first kappa shape index (κ1) is 16.1. The van der Waals surface area contributed by atoms with Crippen LogP contribution in [-0.2, 0) is 0 Å². The van der Waals surface area contributed by atoms with Gasteiger partial charge in [-0.05, 0) is 37.1 Å². The molecule has 4 aromatic rings. The number of methoxy groups -OCH3 is 1. The topological polar surface area (TPSA) is 64.3 Å². The highest BCUT2D eigenvalue weighted by Gasteiger charge is 2.27. The zero-order chi connectivity index (χ0) is 18.2. The molecule has 136 valence electrons. The molecule has 0 amide bonds. The first-order valence-electron chi connectivity index (χ1n) is 9.21. The molecule has 5 rings (SSSR count). The largest absolute Gasteiger partial charge is 0.496 e. The normalized spacial score (nSPS) is 17.5. The molecule has 3 heterocycles. The van der Waals surface area contributed by atoms with Gasteiger partial charge in [0, 0.05) is 13.1 Å². The molecule has 2 aromatic heterocycles. The molecule has 1 fully saturated rings. The van der Waals surface area contributed by atoms with Gasteiger partial charge in [-0.15, -0.1) is 0 Å². The van der Waals surface area contributed by atoms with E-state index >= 15 is 0 Å². The Morgan fingerprint density at radius 2 is 1.96 bits per heavy atom. The highest BCUT2D eigenvalue weighted by Crippen LogP contribution is 2.36. The molecular weight excluding hydrogens is 340 g/mol. The fraction of sp³-hybridized carbons (Fsp3) is 0.286. The van der Waals surface area contributed by atoms with Crippen molar-refractivity contribution in [3.05, 3.63) is 54.7 Å². The predicted molar refractivity (Wildman–Crippen MR) is 104 cm³/mol. The number of anilines is 1.